The number of ether oxygens (including phenoxy) is 2. The Hall–Kier alpha value is -2.95. The molecule has 1 aromatic heterocycles. The predicted octanol–water partition coefficient (Wildman–Crippen LogP) is 6.19. The fourth-order valence-electron chi connectivity index (χ4n) is 2.43. The zero-order chi connectivity index (χ0) is 21.7. The van der Waals surface area contributed by atoms with E-state index < -0.39 is 17.7 Å². The molecule has 3 rings (SSSR count). The molecule has 0 spiro atoms. The summed E-state index contributed by atoms with van der Waals surface area (Å²) < 4.78 is 48.6. The summed E-state index contributed by atoms with van der Waals surface area (Å²) in [6.07, 6.45) is -4.41. The molecule has 0 aliphatic rings. The van der Waals surface area contributed by atoms with Crippen LogP contribution in [0.25, 0.3) is 0 Å². The van der Waals surface area contributed by atoms with Crippen molar-refractivity contribution in [2.24, 2.45) is 0 Å². The van der Waals surface area contributed by atoms with Crippen LogP contribution < -0.4 is 4.74 Å². The minimum absolute atomic E-state index is 0.0332. The Morgan fingerprint density at radius 3 is 2.33 bits per heavy atom. The van der Waals surface area contributed by atoms with Crippen LogP contribution in [-0.4, -0.2) is 13.1 Å². The fraction of sp³-hybridized carbons (Fsp3) is 0.136. The van der Waals surface area contributed by atoms with Gasteiger partial charge in [0.05, 0.1) is 18.2 Å². The number of thiophene rings is 1. The minimum atomic E-state index is -4.41. The molecule has 3 nitrogen and oxygen atoms in total. The van der Waals surface area contributed by atoms with Crippen molar-refractivity contribution in [3.8, 4) is 17.6 Å². The second-order valence-corrected chi connectivity index (χ2v) is 7.36. The molecule has 0 unspecified atom stereocenters. The van der Waals surface area contributed by atoms with Crippen molar-refractivity contribution in [2.45, 2.75) is 12.8 Å². The second kappa shape index (κ2) is 9.24. The highest BCUT2D eigenvalue weighted by molar-refractivity contribution is 7.12. The van der Waals surface area contributed by atoms with Crippen LogP contribution >= 0.6 is 22.9 Å². The quantitative estimate of drug-likeness (QED) is 0.351. The van der Waals surface area contributed by atoms with E-state index >= 15 is 0 Å². The van der Waals surface area contributed by atoms with Gasteiger partial charge in [0, 0.05) is 16.0 Å². The molecular weight excluding hydrogens is 437 g/mol. The molecule has 0 amide bonds. The second-order valence-electron chi connectivity index (χ2n) is 6.04. The van der Waals surface area contributed by atoms with E-state index in [1.54, 1.807) is 29.6 Å². The maximum Gasteiger partial charge on any atom is 0.416 e. The van der Waals surface area contributed by atoms with Gasteiger partial charge >= 0.3 is 12.1 Å². The molecule has 3 aromatic rings. The van der Waals surface area contributed by atoms with Crippen LogP contribution in [0.5, 0.6) is 5.75 Å². The van der Waals surface area contributed by atoms with E-state index in [-0.39, 0.29) is 17.2 Å². The number of hydrogen-bond acceptors (Lipinski definition) is 4. The maximum absolute atomic E-state index is 12.7. The third-order valence-corrected chi connectivity index (χ3v) is 5.16. The summed E-state index contributed by atoms with van der Waals surface area (Å²) in [7, 11) is 1.25. The van der Waals surface area contributed by atoms with Gasteiger partial charge in [0.25, 0.3) is 0 Å². The van der Waals surface area contributed by atoms with Crippen LogP contribution in [0.2, 0.25) is 5.02 Å². The van der Waals surface area contributed by atoms with Gasteiger partial charge in [-0.05, 0) is 42.0 Å². The summed E-state index contributed by atoms with van der Waals surface area (Å²) in [5.41, 5.74) is 0.967. The first-order valence-corrected chi connectivity index (χ1v) is 9.80. The Labute approximate surface area is 180 Å². The summed E-state index contributed by atoms with van der Waals surface area (Å²) in [4.78, 5) is 12.3. The normalized spacial score (nSPS) is 10.8. The van der Waals surface area contributed by atoms with Gasteiger partial charge in [0.2, 0.25) is 0 Å². The van der Waals surface area contributed by atoms with Crippen molar-refractivity contribution in [1.29, 1.82) is 0 Å². The lowest BCUT2D eigenvalue weighted by atomic mass is 10.1. The van der Waals surface area contributed by atoms with E-state index in [0.717, 1.165) is 29.0 Å². The van der Waals surface area contributed by atoms with Gasteiger partial charge in [-0.1, -0.05) is 35.6 Å². The zero-order valence-corrected chi connectivity index (χ0v) is 17.1. The van der Waals surface area contributed by atoms with Gasteiger partial charge in [-0.2, -0.15) is 13.2 Å². The van der Waals surface area contributed by atoms with Crippen LogP contribution in [0.3, 0.4) is 0 Å². The Balaban J connectivity index is 1.84. The first-order chi connectivity index (χ1) is 14.3. The highest BCUT2D eigenvalue weighted by atomic mass is 35.5. The molecule has 0 fully saturated rings. The lowest BCUT2D eigenvalue weighted by Gasteiger charge is -2.10. The molecule has 0 atom stereocenters. The number of methoxy groups -OCH3 is 1. The topological polar surface area (TPSA) is 35.5 Å². The molecule has 0 bridgehead atoms. The number of esters is 1. The highest BCUT2D eigenvalue weighted by Gasteiger charge is 2.30. The Kier molecular flexibility index (Phi) is 6.70. The molecule has 0 saturated heterocycles. The average Bonchev–Trinajstić information content (AvgIpc) is 3.13. The molecule has 0 N–H and O–H groups in total. The molecule has 1 heterocycles. The summed E-state index contributed by atoms with van der Waals surface area (Å²) in [6, 6.07) is 11.5. The molecule has 0 radical (unpaired) electrons. The molecule has 2 aromatic carbocycles. The van der Waals surface area contributed by atoms with E-state index in [0.29, 0.717) is 16.1 Å². The standard InChI is InChI=1S/C22H14ClF3O3S/c1-28-21(27)20-19(29-12-15-3-8-17(9-4-15)22(24,25)26)16(13-30-20)7-2-14-5-10-18(23)11-6-14/h3-6,8-11,13H,12H2,1H3. The number of benzene rings is 2. The Morgan fingerprint density at radius 1 is 1.07 bits per heavy atom. The van der Waals surface area contributed by atoms with E-state index in [9.17, 15) is 18.0 Å². The minimum Gasteiger partial charge on any atom is -0.486 e. The highest BCUT2D eigenvalue weighted by Crippen LogP contribution is 2.32. The first-order valence-electron chi connectivity index (χ1n) is 8.54. The van der Waals surface area contributed by atoms with Gasteiger partial charge in [-0.3, -0.25) is 0 Å². The van der Waals surface area contributed by atoms with Crippen molar-refractivity contribution in [3.63, 3.8) is 0 Å². The largest absolute Gasteiger partial charge is 0.486 e. The van der Waals surface area contributed by atoms with Gasteiger partial charge in [0.1, 0.15) is 6.61 Å². The molecule has 0 aliphatic heterocycles. The zero-order valence-electron chi connectivity index (χ0n) is 15.5. The number of carbonyl (C=O) groups is 1. The smallest absolute Gasteiger partial charge is 0.416 e. The van der Waals surface area contributed by atoms with Crippen LogP contribution in [0.4, 0.5) is 13.2 Å². The van der Waals surface area contributed by atoms with Gasteiger partial charge in [-0.25, -0.2) is 4.79 Å². The van der Waals surface area contributed by atoms with Crippen LogP contribution in [0.1, 0.15) is 31.9 Å². The van der Waals surface area contributed by atoms with Gasteiger partial charge in [-0.15, -0.1) is 11.3 Å². The molecule has 30 heavy (non-hydrogen) atoms. The Bertz CT molecular complexity index is 1090. The summed E-state index contributed by atoms with van der Waals surface area (Å²) in [5, 5.41) is 2.25. The van der Waals surface area contributed by atoms with Crippen molar-refractivity contribution < 1.29 is 27.4 Å². The van der Waals surface area contributed by atoms with Gasteiger partial charge < -0.3 is 9.47 Å². The van der Waals surface area contributed by atoms with Crippen LogP contribution in [0.15, 0.2) is 53.9 Å². The third kappa shape index (κ3) is 5.35. The van der Waals surface area contributed by atoms with E-state index in [4.69, 9.17) is 21.1 Å². The summed E-state index contributed by atoms with van der Waals surface area (Å²) >= 11 is 6.98. The Morgan fingerprint density at radius 2 is 1.73 bits per heavy atom. The predicted molar refractivity (Wildman–Crippen MR) is 109 cm³/mol. The number of halogens is 4. The molecule has 8 heteroatoms. The van der Waals surface area contributed by atoms with Crippen molar-refractivity contribution in [2.75, 3.05) is 7.11 Å². The van der Waals surface area contributed by atoms with Crippen molar-refractivity contribution in [3.05, 3.63) is 86.1 Å². The number of rotatable bonds is 4. The van der Waals surface area contributed by atoms with E-state index in [2.05, 4.69) is 11.8 Å². The molecule has 0 saturated carbocycles. The van der Waals surface area contributed by atoms with E-state index in [1.165, 1.54) is 19.2 Å². The fourth-order valence-corrected chi connectivity index (χ4v) is 3.41. The lowest BCUT2D eigenvalue weighted by Crippen LogP contribution is -2.06. The third-order valence-electron chi connectivity index (χ3n) is 3.97. The number of hydrogen-bond donors (Lipinski definition) is 0. The van der Waals surface area contributed by atoms with Crippen molar-refractivity contribution in [1.82, 2.24) is 0 Å². The summed E-state index contributed by atoms with van der Waals surface area (Å²) in [5.74, 6) is 5.56. The van der Waals surface area contributed by atoms with Gasteiger partial charge in [0.15, 0.2) is 10.6 Å². The number of alkyl halides is 3. The van der Waals surface area contributed by atoms with Crippen molar-refractivity contribution >= 4 is 28.9 Å². The maximum atomic E-state index is 12.7. The van der Waals surface area contributed by atoms with E-state index in [1.807, 2.05) is 0 Å². The molecule has 154 valence electrons. The molecule has 0 aliphatic carbocycles. The lowest BCUT2D eigenvalue weighted by molar-refractivity contribution is -0.137. The summed E-state index contributed by atoms with van der Waals surface area (Å²) in [6.45, 7) is -0.0332. The monoisotopic (exact) mass is 450 g/mol. The molecular formula is C22H14ClF3O3S. The average molecular weight is 451 g/mol. The number of carbonyl (C=O) groups excluding carboxylic acids is 1. The SMILES string of the molecule is COC(=O)c1scc(C#Cc2ccc(Cl)cc2)c1OCc1ccc(C(F)(F)F)cc1. The van der Waals surface area contributed by atoms with Crippen LogP contribution in [-0.2, 0) is 17.5 Å². The van der Waals surface area contributed by atoms with Crippen LogP contribution in [0, 0.1) is 11.8 Å². The first kappa shape index (κ1) is 21.8.